The summed E-state index contributed by atoms with van der Waals surface area (Å²) in [6, 6.07) is 16.7. The highest BCUT2D eigenvalue weighted by Gasteiger charge is 2.12. The van der Waals surface area contributed by atoms with Gasteiger partial charge in [0.25, 0.3) is 5.91 Å². The minimum Gasteiger partial charge on any atom is -0.455 e. The fourth-order valence-electron chi connectivity index (χ4n) is 2.25. The van der Waals surface area contributed by atoms with E-state index in [1.54, 1.807) is 18.3 Å². The van der Waals surface area contributed by atoms with Gasteiger partial charge in [-0.3, -0.25) is 4.79 Å². The van der Waals surface area contributed by atoms with Crippen LogP contribution in [-0.2, 0) is 0 Å². The Morgan fingerprint density at radius 1 is 1.00 bits per heavy atom. The Bertz CT molecular complexity index is 851. The lowest BCUT2D eigenvalue weighted by Crippen LogP contribution is -2.15. The zero-order valence-corrected chi connectivity index (χ0v) is 14.5. The number of amides is 1. The molecule has 0 aliphatic carbocycles. The van der Waals surface area contributed by atoms with Crippen molar-refractivity contribution in [1.82, 2.24) is 9.97 Å². The van der Waals surface area contributed by atoms with Gasteiger partial charge in [0.1, 0.15) is 17.3 Å². The maximum absolute atomic E-state index is 12.5. The van der Waals surface area contributed by atoms with Crippen LogP contribution in [0, 0.1) is 0 Å². The summed E-state index contributed by atoms with van der Waals surface area (Å²) in [7, 11) is 0. The molecule has 0 saturated carbocycles. The predicted molar refractivity (Wildman–Crippen MR) is 102 cm³/mol. The van der Waals surface area contributed by atoms with Crippen LogP contribution in [0.15, 0.2) is 67.0 Å². The lowest BCUT2D eigenvalue weighted by atomic mass is 10.2. The summed E-state index contributed by atoms with van der Waals surface area (Å²) in [6.07, 6.45) is 3.99. The van der Waals surface area contributed by atoms with Crippen molar-refractivity contribution in [3.05, 3.63) is 72.7 Å². The van der Waals surface area contributed by atoms with Crippen LogP contribution in [0.25, 0.3) is 0 Å². The molecule has 3 rings (SSSR count). The summed E-state index contributed by atoms with van der Waals surface area (Å²) in [6.45, 7) is 2.88. The number of para-hydroxylation sites is 3. The topological polar surface area (TPSA) is 76.1 Å². The van der Waals surface area contributed by atoms with Gasteiger partial charge in [-0.15, -0.1) is 0 Å². The highest BCUT2D eigenvalue weighted by atomic mass is 16.5. The van der Waals surface area contributed by atoms with E-state index in [1.165, 1.54) is 6.20 Å². The van der Waals surface area contributed by atoms with Gasteiger partial charge < -0.3 is 15.4 Å². The molecule has 0 aliphatic heterocycles. The zero-order chi connectivity index (χ0) is 18.2. The van der Waals surface area contributed by atoms with Crippen molar-refractivity contribution in [2.24, 2.45) is 0 Å². The molecule has 6 heteroatoms. The van der Waals surface area contributed by atoms with Gasteiger partial charge in [-0.1, -0.05) is 37.3 Å². The number of rotatable bonds is 7. The number of ether oxygens (including phenoxy) is 1. The van der Waals surface area contributed by atoms with Gasteiger partial charge in [-0.05, 0) is 30.7 Å². The Balaban J connectivity index is 1.71. The van der Waals surface area contributed by atoms with E-state index in [4.69, 9.17) is 4.74 Å². The van der Waals surface area contributed by atoms with Crippen molar-refractivity contribution < 1.29 is 9.53 Å². The Labute approximate surface area is 152 Å². The van der Waals surface area contributed by atoms with E-state index in [0.717, 1.165) is 13.0 Å². The summed E-state index contributed by atoms with van der Waals surface area (Å²) < 4.78 is 5.85. The average Bonchev–Trinajstić information content (AvgIpc) is 2.69. The van der Waals surface area contributed by atoms with Crippen LogP contribution in [0.5, 0.6) is 11.5 Å². The number of carbonyl (C=O) groups is 1. The lowest BCUT2D eigenvalue weighted by molar-refractivity contribution is 0.102. The van der Waals surface area contributed by atoms with Gasteiger partial charge in [0.2, 0.25) is 0 Å². The molecule has 0 bridgehead atoms. The molecule has 6 nitrogen and oxygen atoms in total. The fraction of sp³-hybridized carbons (Fsp3) is 0.150. The van der Waals surface area contributed by atoms with Crippen molar-refractivity contribution >= 4 is 17.4 Å². The minimum atomic E-state index is -0.344. The van der Waals surface area contributed by atoms with Crippen LogP contribution in [0.2, 0.25) is 0 Å². The van der Waals surface area contributed by atoms with Crippen LogP contribution >= 0.6 is 0 Å². The Hall–Kier alpha value is -3.41. The molecule has 0 unspecified atom stereocenters. The molecule has 0 radical (unpaired) electrons. The second-order valence-electron chi connectivity index (χ2n) is 5.58. The van der Waals surface area contributed by atoms with Crippen LogP contribution in [-0.4, -0.2) is 22.4 Å². The smallest absolute Gasteiger partial charge is 0.275 e. The number of nitrogens with one attached hydrogen (secondary N) is 2. The summed E-state index contributed by atoms with van der Waals surface area (Å²) in [5.74, 6) is 1.56. The predicted octanol–water partition coefficient (Wildman–Crippen LogP) is 4.34. The first-order chi connectivity index (χ1) is 12.8. The lowest BCUT2D eigenvalue weighted by Gasteiger charge is -2.12. The number of nitrogens with zero attached hydrogens (tertiary/aromatic N) is 2. The molecule has 2 aromatic carbocycles. The number of benzene rings is 2. The van der Waals surface area contributed by atoms with Crippen molar-refractivity contribution in [1.29, 1.82) is 0 Å². The summed E-state index contributed by atoms with van der Waals surface area (Å²) in [5, 5.41) is 5.94. The van der Waals surface area contributed by atoms with Gasteiger partial charge in [0, 0.05) is 6.54 Å². The molecule has 0 spiro atoms. The van der Waals surface area contributed by atoms with Gasteiger partial charge in [0.15, 0.2) is 5.75 Å². The van der Waals surface area contributed by atoms with Gasteiger partial charge >= 0.3 is 0 Å². The molecule has 0 aliphatic rings. The average molecular weight is 348 g/mol. The molecule has 2 N–H and O–H groups in total. The van der Waals surface area contributed by atoms with E-state index >= 15 is 0 Å². The quantitative estimate of drug-likeness (QED) is 0.664. The molecular weight excluding hydrogens is 328 g/mol. The van der Waals surface area contributed by atoms with E-state index in [2.05, 4.69) is 27.5 Å². The molecule has 3 aromatic rings. The van der Waals surface area contributed by atoms with Gasteiger partial charge in [-0.25, -0.2) is 9.97 Å². The maximum atomic E-state index is 12.5. The number of hydrogen-bond acceptors (Lipinski definition) is 5. The van der Waals surface area contributed by atoms with E-state index in [0.29, 0.717) is 23.0 Å². The molecule has 1 heterocycles. The molecule has 1 amide bonds. The number of anilines is 2. The van der Waals surface area contributed by atoms with E-state index in [-0.39, 0.29) is 11.6 Å². The highest BCUT2D eigenvalue weighted by molar-refractivity contribution is 6.03. The van der Waals surface area contributed by atoms with Crippen molar-refractivity contribution in [3.8, 4) is 11.5 Å². The van der Waals surface area contributed by atoms with Crippen LogP contribution in [0.4, 0.5) is 11.5 Å². The number of aromatic nitrogens is 2. The van der Waals surface area contributed by atoms with Crippen molar-refractivity contribution in [3.63, 3.8) is 0 Å². The van der Waals surface area contributed by atoms with Gasteiger partial charge in [-0.2, -0.15) is 0 Å². The zero-order valence-electron chi connectivity index (χ0n) is 14.5. The molecule has 26 heavy (non-hydrogen) atoms. The minimum absolute atomic E-state index is 0.238. The first-order valence-corrected chi connectivity index (χ1v) is 8.45. The molecule has 0 atom stereocenters. The first kappa shape index (κ1) is 17.4. The van der Waals surface area contributed by atoms with Crippen molar-refractivity contribution in [2.45, 2.75) is 13.3 Å². The van der Waals surface area contributed by atoms with Gasteiger partial charge in [0.05, 0.1) is 18.1 Å². The fourth-order valence-corrected chi connectivity index (χ4v) is 2.25. The van der Waals surface area contributed by atoms with Crippen molar-refractivity contribution in [2.75, 3.05) is 17.2 Å². The molecular formula is C20H20N4O2. The van der Waals surface area contributed by atoms with E-state index < -0.39 is 0 Å². The Kier molecular flexibility index (Phi) is 5.77. The number of carbonyl (C=O) groups excluding carboxylic acids is 1. The SMILES string of the molecule is CCCNc1cnc(C(=O)Nc2ccccc2Oc2ccccc2)cn1. The monoisotopic (exact) mass is 348 g/mol. The maximum Gasteiger partial charge on any atom is 0.275 e. The second-order valence-corrected chi connectivity index (χ2v) is 5.58. The summed E-state index contributed by atoms with van der Waals surface area (Å²) in [4.78, 5) is 20.8. The van der Waals surface area contributed by atoms with E-state index in [9.17, 15) is 4.79 Å². The number of hydrogen-bond donors (Lipinski definition) is 2. The first-order valence-electron chi connectivity index (χ1n) is 8.45. The van der Waals surface area contributed by atoms with Crippen LogP contribution < -0.4 is 15.4 Å². The molecule has 1 aromatic heterocycles. The van der Waals surface area contributed by atoms with Crippen LogP contribution in [0.1, 0.15) is 23.8 Å². The Morgan fingerprint density at radius 3 is 2.50 bits per heavy atom. The third kappa shape index (κ3) is 4.57. The summed E-state index contributed by atoms with van der Waals surface area (Å²) in [5.41, 5.74) is 0.804. The summed E-state index contributed by atoms with van der Waals surface area (Å²) >= 11 is 0. The third-order valence-electron chi connectivity index (χ3n) is 3.55. The Morgan fingerprint density at radius 2 is 1.77 bits per heavy atom. The normalized spacial score (nSPS) is 10.2. The third-order valence-corrected chi connectivity index (χ3v) is 3.55. The molecule has 132 valence electrons. The molecule has 0 fully saturated rings. The van der Waals surface area contributed by atoms with Crippen LogP contribution in [0.3, 0.4) is 0 Å². The standard InChI is InChI=1S/C20H20N4O2/c1-2-12-21-19-14-22-17(13-23-19)20(25)24-16-10-6-7-11-18(16)26-15-8-4-3-5-9-15/h3-11,13-14H,2,12H2,1H3,(H,21,23)(H,24,25). The molecule has 0 saturated heterocycles. The van der Waals surface area contributed by atoms with E-state index in [1.807, 2.05) is 42.5 Å². The second kappa shape index (κ2) is 8.62. The highest BCUT2D eigenvalue weighted by Crippen LogP contribution is 2.29. The largest absolute Gasteiger partial charge is 0.455 e.